The van der Waals surface area contributed by atoms with Crippen LogP contribution in [0, 0.1) is 0 Å². The van der Waals surface area contributed by atoms with E-state index in [1.807, 2.05) is 30.3 Å². The molecule has 0 bridgehead atoms. The summed E-state index contributed by atoms with van der Waals surface area (Å²) in [5, 5.41) is 6.69. The number of nitrogens with zero attached hydrogens (tertiary/aromatic N) is 3. The normalized spacial score (nSPS) is 19.7. The maximum Gasteiger partial charge on any atom is 0.226 e. The number of ether oxygens (including phenoxy) is 1. The molecule has 0 saturated carbocycles. The number of hydrogen-bond acceptors (Lipinski definition) is 5. The summed E-state index contributed by atoms with van der Waals surface area (Å²) in [5.74, 6) is 1.39. The van der Waals surface area contributed by atoms with Gasteiger partial charge in [-0.25, -0.2) is 4.98 Å². The number of benzene rings is 1. The third-order valence-corrected chi connectivity index (χ3v) is 4.78. The van der Waals surface area contributed by atoms with Crippen LogP contribution in [0.1, 0.15) is 19.5 Å². The molecule has 27 heavy (non-hydrogen) atoms. The van der Waals surface area contributed by atoms with E-state index >= 15 is 0 Å². The van der Waals surface area contributed by atoms with E-state index < -0.39 is 0 Å². The highest BCUT2D eigenvalue weighted by Gasteiger charge is 2.23. The van der Waals surface area contributed by atoms with Gasteiger partial charge in [-0.15, -0.1) is 0 Å². The average Bonchev–Trinajstić information content (AvgIpc) is 3.18. The minimum atomic E-state index is 0.402. The number of nitrogens with one attached hydrogen (secondary N) is 2. The lowest BCUT2D eigenvalue weighted by Crippen LogP contribution is -2.52. The van der Waals surface area contributed by atoms with Gasteiger partial charge in [0.2, 0.25) is 5.89 Å². The van der Waals surface area contributed by atoms with Crippen LogP contribution < -0.4 is 10.6 Å². The van der Waals surface area contributed by atoms with E-state index in [2.05, 4.69) is 39.4 Å². The lowest BCUT2D eigenvalue weighted by atomic mass is 10.2. The average molecular weight is 371 g/mol. The van der Waals surface area contributed by atoms with Gasteiger partial charge in [0.05, 0.1) is 25.5 Å². The van der Waals surface area contributed by atoms with E-state index in [1.54, 1.807) is 13.3 Å². The molecule has 0 aliphatic carbocycles. The topological polar surface area (TPSA) is 74.9 Å². The van der Waals surface area contributed by atoms with Crippen molar-refractivity contribution in [1.82, 2.24) is 20.5 Å². The van der Waals surface area contributed by atoms with E-state index in [1.165, 1.54) is 0 Å². The fourth-order valence-electron chi connectivity index (χ4n) is 3.25. The van der Waals surface area contributed by atoms with Gasteiger partial charge in [0.1, 0.15) is 6.26 Å². The molecule has 7 nitrogen and oxygen atoms in total. The first-order valence-corrected chi connectivity index (χ1v) is 9.45. The first kappa shape index (κ1) is 19.4. The molecule has 0 radical (unpaired) electrons. The zero-order valence-corrected chi connectivity index (χ0v) is 16.3. The number of hydrogen-bond donors (Lipinski definition) is 2. The fraction of sp³-hybridized carbons (Fsp3) is 0.500. The van der Waals surface area contributed by atoms with Crippen molar-refractivity contribution in [3.63, 3.8) is 0 Å². The SMILES string of the molecule is CN=C(NCc1coc(-c2ccccc2)n1)NCC(C)N1CCOCC1C. The highest BCUT2D eigenvalue weighted by molar-refractivity contribution is 5.79. The second kappa shape index (κ2) is 9.53. The maximum atomic E-state index is 5.58. The quantitative estimate of drug-likeness (QED) is 0.598. The standard InChI is InChI=1S/C20H29N5O2/c1-15(25-9-10-26-13-16(25)2)11-22-20(21-3)23-12-18-14-27-19(24-18)17-7-5-4-6-8-17/h4-8,14-16H,9-13H2,1-3H3,(H2,21,22,23). The molecule has 1 aliphatic rings. The monoisotopic (exact) mass is 371 g/mol. The number of oxazole rings is 1. The van der Waals surface area contributed by atoms with Gasteiger partial charge in [-0.3, -0.25) is 9.89 Å². The van der Waals surface area contributed by atoms with Crippen LogP contribution in [-0.2, 0) is 11.3 Å². The van der Waals surface area contributed by atoms with Crippen LogP contribution >= 0.6 is 0 Å². The summed E-state index contributed by atoms with van der Waals surface area (Å²) < 4.78 is 11.1. The number of rotatable bonds is 6. The molecule has 2 unspecified atom stereocenters. The van der Waals surface area contributed by atoms with Gasteiger partial charge < -0.3 is 19.8 Å². The summed E-state index contributed by atoms with van der Waals surface area (Å²) in [7, 11) is 1.77. The van der Waals surface area contributed by atoms with E-state index in [-0.39, 0.29) is 0 Å². The van der Waals surface area contributed by atoms with Gasteiger partial charge in [0, 0.05) is 37.8 Å². The fourth-order valence-corrected chi connectivity index (χ4v) is 3.25. The van der Waals surface area contributed by atoms with Gasteiger partial charge in [0.15, 0.2) is 5.96 Å². The Labute approximate surface area is 160 Å². The number of guanidine groups is 1. The molecule has 2 aromatic rings. The Balaban J connectivity index is 1.47. The smallest absolute Gasteiger partial charge is 0.226 e. The molecule has 1 fully saturated rings. The molecule has 0 amide bonds. The summed E-state index contributed by atoms with van der Waals surface area (Å²) in [6, 6.07) is 10.7. The maximum absolute atomic E-state index is 5.58. The van der Waals surface area contributed by atoms with Gasteiger partial charge in [0.25, 0.3) is 0 Å². The number of aromatic nitrogens is 1. The highest BCUT2D eigenvalue weighted by Crippen LogP contribution is 2.17. The second-order valence-corrected chi connectivity index (χ2v) is 6.83. The molecule has 3 rings (SSSR count). The molecule has 2 atom stereocenters. The van der Waals surface area contributed by atoms with Gasteiger partial charge in [-0.2, -0.15) is 0 Å². The molecule has 146 valence electrons. The number of aliphatic imine (C=N–C) groups is 1. The van der Waals surface area contributed by atoms with Crippen molar-refractivity contribution in [3.05, 3.63) is 42.3 Å². The predicted molar refractivity (Wildman–Crippen MR) is 107 cm³/mol. The van der Waals surface area contributed by atoms with Crippen LogP contribution in [0.15, 0.2) is 46.0 Å². The van der Waals surface area contributed by atoms with Gasteiger partial charge >= 0.3 is 0 Å². The lowest BCUT2D eigenvalue weighted by molar-refractivity contribution is -0.0174. The van der Waals surface area contributed by atoms with Crippen LogP contribution in [-0.4, -0.2) is 61.3 Å². The Morgan fingerprint density at radius 1 is 1.33 bits per heavy atom. The van der Waals surface area contributed by atoms with Crippen molar-refractivity contribution in [3.8, 4) is 11.5 Å². The Kier molecular flexibility index (Phi) is 6.84. The highest BCUT2D eigenvalue weighted by atomic mass is 16.5. The molecule has 7 heteroatoms. The molecule has 2 N–H and O–H groups in total. The van der Waals surface area contributed by atoms with E-state index in [0.29, 0.717) is 24.5 Å². The molecule has 1 saturated heterocycles. The van der Waals surface area contributed by atoms with Crippen LogP contribution in [0.3, 0.4) is 0 Å². The molecule has 1 aromatic heterocycles. The van der Waals surface area contributed by atoms with Crippen molar-refractivity contribution in [1.29, 1.82) is 0 Å². The van der Waals surface area contributed by atoms with Crippen molar-refractivity contribution in [2.24, 2.45) is 4.99 Å². The Morgan fingerprint density at radius 3 is 2.89 bits per heavy atom. The van der Waals surface area contributed by atoms with Crippen LogP contribution in [0.2, 0.25) is 0 Å². The van der Waals surface area contributed by atoms with Gasteiger partial charge in [-0.1, -0.05) is 18.2 Å². The minimum absolute atomic E-state index is 0.402. The van der Waals surface area contributed by atoms with Gasteiger partial charge in [-0.05, 0) is 26.0 Å². The third-order valence-electron chi connectivity index (χ3n) is 4.78. The number of morpholine rings is 1. The van der Waals surface area contributed by atoms with Crippen LogP contribution in [0.4, 0.5) is 0 Å². The molecule has 0 spiro atoms. The van der Waals surface area contributed by atoms with E-state index in [9.17, 15) is 0 Å². The molecular weight excluding hydrogens is 342 g/mol. The summed E-state index contributed by atoms with van der Waals surface area (Å²) in [6.07, 6.45) is 1.68. The second-order valence-electron chi connectivity index (χ2n) is 6.83. The summed E-state index contributed by atoms with van der Waals surface area (Å²) in [4.78, 5) is 11.3. The summed E-state index contributed by atoms with van der Waals surface area (Å²) in [5.41, 5.74) is 1.81. The van der Waals surface area contributed by atoms with Crippen LogP contribution in [0.5, 0.6) is 0 Å². The van der Waals surface area contributed by atoms with E-state index in [4.69, 9.17) is 9.15 Å². The third kappa shape index (κ3) is 5.30. The zero-order valence-electron chi connectivity index (χ0n) is 16.3. The summed E-state index contributed by atoms with van der Waals surface area (Å²) >= 11 is 0. The predicted octanol–water partition coefficient (Wildman–Crippen LogP) is 2.12. The first-order chi connectivity index (χ1) is 13.2. The van der Waals surface area contributed by atoms with Crippen molar-refractivity contribution < 1.29 is 9.15 Å². The van der Waals surface area contributed by atoms with Crippen molar-refractivity contribution >= 4 is 5.96 Å². The molecule has 2 heterocycles. The van der Waals surface area contributed by atoms with Crippen molar-refractivity contribution in [2.75, 3.05) is 33.4 Å². The Hall–Kier alpha value is -2.38. The molecule has 1 aromatic carbocycles. The van der Waals surface area contributed by atoms with E-state index in [0.717, 1.165) is 43.5 Å². The Morgan fingerprint density at radius 2 is 2.15 bits per heavy atom. The van der Waals surface area contributed by atoms with Crippen molar-refractivity contribution in [2.45, 2.75) is 32.5 Å². The summed E-state index contributed by atoms with van der Waals surface area (Å²) in [6.45, 7) is 8.38. The largest absolute Gasteiger partial charge is 0.444 e. The zero-order chi connectivity index (χ0) is 19.1. The molecule has 1 aliphatic heterocycles. The minimum Gasteiger partial charge on any atom is -0.444 e. The van der Waals surface area contributed by atoms with Crippen LogP contribution in [0.25, 0.3) is 11.5 Å². The Bertz CT molecular complexity index is 731. The first-order valence-electron chi connectivity index (χ1n) is 9.45. The molecular formula is C20H29N5O2. The lowest BCUT2D eigenvalue weighted by Gasteiger charge is -2.38.